The molecule has 0 atom stereocenters. The largest absolute Gasteiger partial charge is 0.382 e. The SMILES string of the molecule is Nc1cn2ccsc2n1. The smallest absolute Gasteiger partial charge is 0.195 e. The second kappa shape index (κ2) is 1.48. The van der Waals surface area contributed by atoms with E-state index in [1.165, 1.54) is 0 Å². The van der Waals surface area contributed by atoms with Crippen LogP contribution in [0.4, 0.5) is 5.82 Å². The first-order chi connectivity index (χ1) is 4.36. The summed E-state index contributed by atoms with van der Waals surface area (Å²) in [6, 6.07) is 0. The van der Waals surface area contributed by atoms with Crippen LogP contribution < -0.4 is 5.73 Å². The van der Waals surface area contributed by atoms with Crippen molar-refractivity contribution in [3.8, 4) is 0 Å². The van der Waals surface area contributed by atoms with Crippen molar-refractivity contribution in [2.75, 3.05) is 5.73 Å². The molecule has 0 amide bonds. The lowest BCUT2D eigenvalue weighted by Gasteiger charge is -1.72. The summed E-state index contributed by atoms with van der Waals surface area (Å²) in [6.45, 7) is 0. The maximum absolute atomic E-state index is 5.41. The lowest BCUT2D eigenvalue weighted by Crippen LogP contribution is -1.80. The number of thiazole rings is 1. The highest BCUT2D eigenvalue weighted by atomic mass is 32.1. The van der Waals surface area contributed by atoms with Crippen LogP contribution in [-0.4, -0.2) is 9.38 Å². The Hall–Kier alpha value is -1.03. The van der Waals surface area contributed by atoms with Crippen molar-refractivity contribution in [3.63, 3.8) is 0 Å². The van der Waals surface area contributed by atoms with Gasteiger partial charge in [0, 0.05) is 11.6 Å². The Morgan fingerprint density at radius 2 is 2.56 bits per heavy atom. The van der Waals surface area contributed by atoms with Gasteiger partial charge in [0.25, 0.3) is 0 Å². The van der Waals surface area contributed by atoms with Crippen LogP contribution >= 0.6 is 11.3 Å². The van der Waals surface area contributed by atoms with Crippen LogP contribution in [0.25, 0.3) is 4.96 Å². The van der Waals surface area contributed by atoms with Crippen molar-refractivity contribution >= 4 is 22.1 Å². The molecule has 0 saturated heterocycles. The van der Waals surface area contributed by atoms with Crippen LogP contribution in [-0.2, 0) is 0 Å². The Bertz CT molecular complexity index is 293. The first-order valence-electron chi connectivity index (χ1n) is 2.54. The Kier molecular flexibility index (Phi) is 0.790. The fraction of sp³-hybridized carbons (Fsp3) is 0. The number of rotatable bonds is 0. The second-order valence-electron chi connectivity index (χ2n) is 1.76. The summed E-state index contributed by atoms with van der Waals surface area (Å²) in [5.74, 6) is 0.585. The van der Waals surface area contributed by atoms with Crippen LogP contribution in [0.2, 0.25) is 0 Å². The van der Waals surface area contributed by atoms with Gasteiger partial charge in [0.05, 0.1) is 6.20 Å². The predicted octanol–water partition coefficient (Wildman–Crippen LogP) is 0.978. The summed E-state index contributed by atoms with van der Waals surface area (Å²) in [7, 11) is 0. The third kappa shape index (κ3) is 0.598. The summed E-state index contributed by atoms with van der Waals surface area (Å²) in [5, 5.41) is 1.97. The van der Waals surface area contributed by atoms with Gasteiger partial charge < -0.3 is 5.73 Å². The van der Waals surface area contributed by atoms with Crippen molar-refractivity contribution in [2.24, 2.45) is 0 Å². The molecule has 46 valence electrons. The molecule has 9 heavy (non-hydrogen) atoms. The van der Waals surface area contributed by atoms with Gasteiger partial charge in [-0.1, -0.05) is 0 Å². The van der Waals surface area contributed by atoms with Gasteiger partial charge in [-0.25, -0.2) is 4.98 Å². The quantitative estimate of drug-likeness (QED) is 0.591. The number of nitrogens with two attached hydrogens (primary N) is 1. The summed E-state index contributed by atoms with van der Waals surface area (Å²) in [6.07, 6.45) is 3.73. The maximum Gasteiger partial charge on any atom is 0.195 e. The predicted molar refractivity (Wildman–Crippen MR) is 37.5 cm³/mol. The van der Waals surface area contributed by atoms with E-state index in [1.807, 2.05) is 16.0 Å². The Labute approximate surface area is 55.7 Å². The fourth-order valence-electron chi connectivity index (χ4n) is 0.746. The molecular weight excluding hydrogens is 134 g/mol. The number of hydrogen-bond acceptors (Lipinski definition) is 3. The number of fused-ring (bicyclic) bond motifs is 1. The Morgan fingerprint density at radius 3 is 3.33 bits per heavy atom. The average molecular weight is 139 g/mol. The highest BCUT2D eigenvalue weighted by Crippen LogP contribution is 2.11. The van der Waals surface area contributed by atoms with E-state index in [0.29, 0.717) is 5.82 Å². The van der Waals surface area contributed by atoms with Crippen LogP contribution in [0, 0.1) is 0 Å². The standard InChI is InChI=1S/C5H5N3S/c6-4-3-8-1-2-9-5(8)7-4/h1-3H,6H2. The third-order valence-electron chi connectivity index (χ3n) is 1.11. The Morgan fingerprint density at radius 1 is 1.67 bits per heavy atom. The minimum Gasteiger partial charge on any atom is -0.382 e. The first kappa shape index (κ1) is 4.81. The van der Waals surface area contributed by atoms with Gasteiger partial charge in [-0.05, 0) is 0 Å². The number of nitrogens with zero attached hydrogens (tertiary/aromatic N) is 2. The number of anilines is 1. The van der Waals surface area contributed by atoms with Gasteiger partial charge in [0.2, 0.25) is 0 Å². The van der Waals surface area contributed by atoms with Crippen molar-refractivity contribution in [2.45, 2.75) is 0 Å². The van der Waals surface area contributed by atoms with E-state index in [2.05, 4.69) is 4.98 Å². The molecule has 0 bridgehead atoms. The van der Waals surface area contributed by atoms with E-state index in [-0.39, 0.29) is 0 Å². The minimum atomic E-state index is 0.585. The van der Waals surface area contributed by atoms with Crippen molar-refractivity contribution in [3.05, 3.63) is 17.8 Å². The molecular formula is C5H5N3S. The molecule has 2 rings (SSSR count). The molecule has 3 nitrogen and oxygen atoms in total. The molecule has 2 heterocycles. The van der Waals surface area contributed by atoms with Gasteiger partial charge in [0.15, 0.2) is 4.96 Å². The molecule has 0 aromatic carbocycles. The molecule has 0 saturated carbocycles. The van der Waals surface area contributed by atoms with E-state index in [0.717, 1.165) is 4.96 Å². The highest BCUT2D eigenvalue weighted by Gasteiger charge is 1.95. The van der Waals surface area contributed by atoms with Gasteiger partial charge in [-0.2, -0.15) is 0 Å². The maximum atomic E-state index is 5.41. The van der Waals surface area contributed by atoms with Crippen LogP contribution in [0.5, 0.6) is 0 Å². The molecule has 0 aliphatic carbocycles. The summed E-state index contributed by atoms with van der Waals surface area (Å²) < 4.78 is 1.90. The van der Waals surface area contributed by atoms with E-state index in [9.17, 15) is 0 Å². The molecule has 0 spiro atoms. The molecule has 0 radical (unpaired) electrons. The third-order valence-corrected chi connectivity index (χ3v) is 1.88. The zero-order chi connectivity index (χ0) is 6.27. The summed E-state index contributed by atoms with van der Waals surface area (Å²) >= 11 is 1.58. The zero-order valence-electron chi connectivity index (χ0n) is 4.61. The molecule has 0 aliphatic rings. The normalized spacial score (nSPS) is 10.7. The van der Waals surface area contributed by atoms with Crippen molar-refractivity contribution in [1.29, 1.82) is 0 Å². The van der Waals surface area contributed by atoms with Crippen LogP contribution in [0.3, 0.4) is 0 Å². The number of hydrogen-bond donors (Lipinski definition) is 1. The highest BCUT2D eigenvalue weighted by molar-refractivity contribution is 7.15. The fourth-order valence-corrected chi connectivity index (χ4v) is 1.45. The van der Waals surface area contributed by atoms with Gasteiger partial charge in [-0.3, -0.25) is 4.40 Å². The van der Waals surface area contributed by atoms with E-state index >= 15 is 0 Å². The van der Waals surface area contributed by atoms with E-state index in [4.69, 9.17) is 5.73 Å². The number of aromatic nitrogens is 2. The van der Waals surface area contributed by atoms with Crippen molar-refractivity contribution in [1.82, 2.24) is 9.38 Å². The molecule has 2 N–H and O–H groups in total. The molecule has 0 unspecified atom stereocenters. The summed E-state index contributed by atoms with van der Waals surface area (Å²) in [5.41, 5.74) is 5.41. The lowest BCUT2D eigenvalue weighted by molar-refractivity contribution is 1.23. The second-order valence-corrected chi connectivity index (χ2v) is 2.63. The van der Waals surface area contributed by atoms with Crippen LogP contribution in [0.15, 0.2) is 17.8 Å². The lowest BCUT2D eigenvalue weighted by atomic mass is 10.8. The average Bonchev–Trinajstić information content (AvgIpc) is 2.22. The molecule has 2 aromatic rings. The molecule has 0 fully saturated rings. The van der Waals surface area contributed by atoms with Crippen LogP contribution in [0.1, 0.15) is 0 Å². The molecule has 2 aromatic heterocycles. The van der Waals surface area contributed by atoms with E-state index < -0.39 is 0 Å². The molecule has 0 aliphatic heterocycles. The van der Waals surface area contributed by atoms with Gasteiger partial charge in [0.1, 0.15) is 5.82 Å². The van der Waals surface area contributed by atoms with Gasteiger partial charge in [-0.15, -0.1) is 11.3 Å². The number of nitrogen functional groups attached to an aromatic ring is 1. The monoisotopic (exact) mass is 139 g/mol. The Balaban J connectivity index is 2.92. The van der Waals surface area contributed by atoms with Crippen molar-refractivity contribution < 1.29 is 0 Å². The topological polar surface area (TPSA) is 43.3 Å². The first-order valence-corrected chi connectivity index (χ1v) is 3.42. The van der Waals surface area contributed by atoms with Gasteiger partial charge >= 0.3 is 0 Å². The zero-order valence-corrected chi connectivity index (χ0v) is 5.43. The minimum absolute atomic E-state index is 0.585. The summed E-state index contributed by atoms with van der Waals surface area (Å²) in [4.78, 5) is 4.98. The van der Waals surface area contributed by atoms with E-state index in [1.54, 1.807) is 17.5 Å². The molecule has 4 heteroatoms. The number of imidazole rings is 1.